The number of carbonyl (C=O) groups is 1. The van der Waals surface area contributed by atoms with Crippen LogP contribution in [0.5, 0.6) is 0 Å². The zero-order valence-electron chi connectivity index (χ0n) is 16.3. The number of hydrazine groups is 1. The zero-order chi connectivity index (χ0) is 19.9. The number of Topliss-reactive ketones (excluding diaryl/α,β-unsaturated/α-hetero) is 1. The van der Waals surface area contributed by atoms with Crippen LogP contribution >= 0.6 is 0 Å². The van der Waals surface area contributed by atoms with Crippen LogP contribution in [-0.2, 0) is 24.7 Å². The summed E-state index contributed by atoms with van der Waals surface area (Å²) >= 11 is 0. The fourth-order valence-corrected chi connectivity index (χ4v) is 2.83. The minimum absolute atomic E-state index is 0.142. The molecule has 0 amide bonds. The average molecular weight is 367 g/mol. The third kappa shape index (κ3) is 8.43. The molecule has 1 saturated carbocycles. The van der Waals surface area contributed by atoms with Crippen molar-refractivity contribution in [3.8, 4) is 6.07 Å². The molecule has 0 radical (unpaired) electrons. The number of carbonyl (C=O) groups excluding carboxylic acids is 1. The molecule has 2 aliphatic rings. The fraction of sp³-hybridized carbons (Fsp3) is 0.722. The Kier molecular flexibility index (Phi) is 13.2. The molecular formula is C18H34N6O2. The number of aliphatic hydroxyl groups is 1. The third-order valence-corrected chi connectivity index (χ3v) is 4.08. The van der Waals surface area contributed by atoms with Gasteiger partial charge >= 0.3 is 0 Å². The zero-order valence-corrected chi connectivity index (χ0v) is 16.3. The summed E-state index contributed by atoms with van der Waals surface area (Å²) in [5, 5.41) is 20.3. The Morgan fingerprint density at radius 1 is 1.31 bits per heavy atom. The van der Waals surface area contributed by atoms with E-state index in [0.29, 0.717) is 6.42 Å². The van der Waals surface area contributed by atoms with E-state index in [0.717, 1.165) is 37.9 Å². The fourth-order valence-electron chi connectivity index (χ4n) is 2.83. The van der Waals surface area contributed by atoms with Gasteiger partial charge in [0.1, 0.15) is 17.5 Å². The maximum atomic E-state index is 10.8. The van der Waals surface area contributed by atoms with Crippen molar-refractivity contribution in [2.75, 3.05) is 19.4 Å². The van der Waals surface area contributed by atoms with Gasteiger partial charge in [0.15, 0.2) is 0 Å². The van der Waals surface area contributed by atoms with Crippen LogP contribution in [0, 0.1) is 17.2 Å². The maximum absolute atomic E-state index is 10.8. The van der Waals surface area contributed by atoms with Gasteiger partial charge in [-0.3, -0.25) is 20.7 Å². The van der Waals surface area contributed by atoms with Gasteiger partial charge in [0, 0.05) is 25.6 Å². The summed E-state index contributed by atoms with van der Waals surface area (Å²) in [6.07, 6.45) is 8.20. The second kappa shape index (κ2) is 14.2. The van der Waals surface area contributed by atoms with Gasteiger partial charge in [-0.1, -0.05) is 6.42 Å². The Labute approximate surface area is 156 Å². The number of nitrogens with one attached hydrogen (secondary N) is 1. The lowest BCUT2D eigenvalue weighted by atomic mass is 9.89. The minimum Gasteiger partial charge on any atom is -0.397 e. The summed E-state index contributed by atoms with van der Waals surface area (Å²) in [4.78, 5) is 10.8. The van der Waals surface area contributed by atoms with E-state index in [4.69, 9.17) is 16.1 Å². The van der Waals surface area contributed by atoms with Gasteiger partial charge in [-0.05, 0) is 52.5 Å². The van der Waals surface area contributed by atoms with E-state index < -0.39 is 0 Å². The van der Waals surface area contributed by atoms with E-state index in [2.05, 4.69) is 16.4 Å². The van der Waals surface area contributed by atoms with E-state index >= 15 is 0 Å². The van der Waals surface area contributed by atoms with Gasteiger partial charge in [0.05, 0.1) is 11.8 Å². The Morgan fingerprint density at radius 3 is 2.31 bits per heavy atom. The molecule has 1 aromatic rings. The van der Waals surface area contributed by atoms with Crippen LogP contribution in [-0.4, -0.2) is 34.3 Å². The first-order valence-electron chi connectivity index (χ1n) is 9.17. The predicted molar refractivity (Wildman–Crippen MR) is 103 cm³/mol. The summed E-state index contributed by atoms with van der Waals surface area (Å²) in [6, 6.07) is 2.00. The van der Waals surface area contributed by atoms with Gasteiger partial charge in [-0.15, -0.1) is 0 Å². The van der Waals surface area contributed by atoms with E-state index in [1.165, 1.54) is 24.1 Å². The van der Waals surface area contributed by atoms with E-state index in [9.17, 15) is 4.79 Å². The largest absolute Gasteiger partial charge is 0.397 e. The number of anilines is 1. The number of nitrogen functional groups attached to an aromatic ring is 1. The van der Waals surface area contributed by atoms with Crippen LogP contribution in [0.25, 0.3) is 0 Å². The quantitative estimate of drug-likeness (QED) is 0.399. The second-order valence-electron chi connectivity index (χ2n) is 6.14. The van der Waals surface area contributed by atoms with Crippen molar-refractivity contribution >= 4 is 11.6 Å². The molecule has 6 N–H and O–H groups in total. The number of nitrogens with two attached hydrogens (primary N) is 2. The van der Waals surface area contributed by atoms with Crippen molar-refractivity contribution in [1.29, 1.82) is 5.26 Å². The normalized spacial score (nSPS) is 17.8. The van der Waals surface area contributed by atoms with Crippen LogP contribution in [0.4, 0.5) is 5.82 Å². The number of nitriles is 1. The highest BCUT2D eigenvalue weighted by Gasteiger charge is 2.20. The van der Waals surface area contributed by atoms with E-state index in [1.54, 1.807) is 18.7 Å². The summed E-state index contributed by atoms with van der Waals surface area (Å²) < 4.78 is 1.79. The molecule has 26 heavy (non-hydrogen) atoms. The molecule has 8 nitrogen and oxygen atoms in total. The number of rotatable bonds is 0. The number of hydrogen-bond donors (Lipinski definition) is 4. The van der Waals surface area contributed by atoms with Gasteiger partial charge in [-0.2, -0.15) is 10.4 Å². The van der Waals surface area contributed by atoms with Crippen molar-refractivity contribution in [2.45, 2.75) is 58.3 Å². The highest BCUT2D eigenvalue weighted by Crippen LogP contribution is 2.24. The minimum atomic E-state index is -0.279. The second-order valence-corrected chi connectivity index (χ2v) is 6.14. The molecule has 1 aromatic heterocycles. The van der Waals surface area contributed by atoms with E-state index in [-0.39, 0.29) is 18.3 Å². The molecule has 1 unspecified atom stereocenters. The molecule has 0 aromatic carbocycles. The van der Waals surface area contributed by atoms with Crippen LogP contribution in [0.2, 0.25) is 0 Å². The third-order valence-electron chi connectivity index (χ3n) is 4.08. The van der Waals surface area contributed by atoms with Crippen LogP contribution in [0.3, 0.4) is 0 Å². The molecular weight excluding hydrogens is 332 g/mol. The molecule has 0 aliphatic heterocycles. The van der Waals surface area contributed by atoms with E-state index in [1.807, 2.05) is 13.1 Å². The van der Waals surface area contributed by atoms with Gasteiger partial charge in [0.25, 0.3) is 0 Å². The molecule has 8 heteroatoms. The van der Waals surface area contributed by atoms with Gasteiger partial charge < -0.3 is 10.8 Å². The number of hydrogen-bond acceptors (Lipinski definition) is 7. The van der Waals surface area contributed by atoms with Crippen molar-refractivity contribution in [3.05, 3.63) is 11.3 Å². The van der Waals surface area contributed by atoms with Gasteiger partial charge in [-0.25, -0.2) is 0 Å². The van der Waals surface area contributed by atoms with Crippen molar-refractivity contribution in [2.24, 2.45) is 18.8 Å². The number of nitrogens with zero attached hydrogens (tertiary/aromatic N) is 3. The molecule has 0 spiro atoms. The summed E-state index contributed by atoms with van der Waals surface area (Å²) in [7, 11) is 3.56. The lowest BCUT2D eigenvalue weighted by Gasteiger charge is -2.12. The SMILES string of the molecule is CCO.CNN.Cn1nc2c(c1N)CCCC2.N#CC1CCCCC1=O. The number of ketones is 1. The Morgan fingerprint density at radius 2 is 1.85 bits per heavy atom. The molecule has 1 atom stereocenters. The number of aromatic nitrogens is 2. The smallest absolute Gasteiger partial charge is 0.149 e. The standard InChI is InChI=1S/C8H13N3.C7H9NO.C2H6O.CH6N2/c1-11-8(9)6-4-2-3-5-7(6)10-11;8-5-6-3-1-2-4-7(6)9;1-2-3;1-3-2/h2-5,9H2,1H3;6H,1-4H2;2*3H,2H2,1H3. The van der Waals surface area contributed by atoms with Crippen molar-refractivity contribution in [3.63, 3.8) is 0 Å². The van der Waals surface area contributed by atoms with Gasteiger partial charge in [0.2, 0.25) is 0 Å². The number of aryl methyl sites for hydroxylation is 2. The molecule has 1 fully saturated rings. The summed E-state index contributed by atoms with van der Waals surface area (Å²) in [5.41, 5.74) is 10.6. The Bertz CT molecular complexity index is 563. The summed E-state index contributed by atoms with van der Waals surface area (Å²) in [5.74, 6) is 5.32. The lowest BCUT2D eigenvalue weighted by molar-refractivity contribution is -0.122. The molecule has 148 valence electrons. The Balaban J connectivity index is 0.000000376. The average Bonchev–Trinajstić information content (AvgIpc) is 2.92. The molecule has 1 heterocycles. The number of aliphatic hydroxyl groups excluding tert-OH is 1. The number of fused-ring (bicyclic) bond motifs is 1. The predicted octanol–water partition coefficient (Wildman–Crippen LogP) is 1.23. The topological polar surface area (TPSA) is 143 Å². The maximum Gasteiger partial charge on any atom is 0.149 e. The van der Waals surface area contributed by atoms with Crippen molar-refractivity contribution < 1.29 is 9.90 Å². The molecule has 0 saturated heterocycles. The summed E-state index contributed by atoms with van der Waals surface area (Å²) in [6.45, 7) is 1.93. The highest BCUT2D eigenvalue weighted by atomic mass is 16.2. The molecule has 3 rings (SSSR count). The van der Waals surface area contributed by atoms with Crippen LogP contribution in [0.1, 0.15) is 56.7 Å². The first kappa shape index (κ1) is 24.1. The van der Waals surface area contributed by atoms with Crippen LogP contribution in [0.15, 0.2) is 0 Å². The monoisotopic (exact) mass is 366 g/mol. The first-order chi connectivity index (χ1) is 12.5. The molecule has 2 aliphatic carbocycles. The Hall–Kier alpha value is -1.95. The highest BCUT2D eigenvalue weighted by molar-refractivity contribution is 5.83. The van der Waals surface area contributed by atoms with Crippen molar-refractivity contribution in [1.82, 2.24) is 15.2 Å². The molecule has 0 bridgehead atoms. The first-order valence-corrected chi connectivity index (χ1v) is 9.17. The van der Waals surface area contributed by atoms with Crippen LogP contribution < -0.4 is 17.0 Å². The lowest BCUT2D eigenvalue weighted by Crippen LogP contribution is -2.16.